The van der Waals surface area contributed by atoms with Crippen LogP contribution in [0.5, 0.6) is 0 Å². The Kier molecular flexibility index (Phi) is 7.97. The number of likely N-dealkylation sites (tertiary alicyclic amines) is 1. The fourth-order valence-electron chi connectivity index (χ4n) is 5.52. The lowest BCUT2D eigenvalue weighted by atomic mass is 10.1. The summed E-state index contributed by atoms with van der Waals surface area (Å²) in [7, 11) is 0. The summed E-state index contributed by atoms with van der Waals surface area (Å²) in [5, 5.41) is 8.42. The molecule has 1 aliphatic heterocycles. The monoisotopic (exact) mass is 515 g/mol. The van der Waals surface area contributed by atoms with Crippen LogP contribution in [-0.4, -0.2) is 45.7 Å². The quantitative estimate of drug-likeness (QED) is 0.213. The van der Waals surface area contributed by atoms with Gasteiger partial charge >= 0.3 is 0 Å². The second-order valence-corrected chi connectivity index (χ2v) is 10.6. The first-order chi connectivity index (χ1) is 19.3. The Labute approximate surface area is 231 Å². The predicted octanol–water partition coefficient (Wildman–Crippen LogP) is 6.67. The second-order valence-electron chi connectivity index (χ2n) is 10.6. The maximum atomic E-state index is 4.89. The summed E-state index contributed by atoms with van der Waals surface area (Å²) in [6, 6.07) is 34.4. The van der Waals surface area contributed by atoms with Gasteiger partial charge in [0.15, 0.2) is 11.5 Å². The molecule has 1 aliphatic rings. The number of rotatable bonds is 11. The van der Waals surface area contributed by atoms with E-state index in [1.54, 1.807) is 0 Å². The second kappa shape index (κ2) is 12.3. The number of aromatic nitrogens is 3. The van der Waals surface area contributed by atoms with Crippen LogP contribution in [0.15, 0.2) is 97.1 Å². The lowest BCUT2D eigenvalue weighted by Crippen LogP contribution is -2.20. The standard InChI is InChI=1S/C34H37N5/c1-2-8-27(9-3-1)21-22-35-31-19-17-30(18-20-31)32-11-6-12-34-36-33(37-39(32)34)26-29-15-13-28(14-16-29)10-7-25-38-23-4-5-24-38/h1-3,6,8-9,11-20,35H,4-5,7,10,21-26H2. The first kappa shape index (κ1) is 25.3. The Morgan fingerprint density at radius 2 is 1.44 bits per heavy atom. The summed E-state index contributed by atoms with van der Waals surface area (Å²) >= 11 is 0. The molecule has 5 aromatic rings. The number of fused-ring (bicyclic) bond motifs is 1. The van der Waals surface area contributed by atoms with E-state index < -0.39 is 0 Å². The topological polar surface area (TPSA) is 45.5 Å². The highest BCUT2D eigenvalue weighted by Crippen LogP contribution is 2.23. The number of benzene rings is 3. The van der Waals surface area contributed by atoms with Crippen molar-refractivity contribution in [2.24, 2.45) is 0 Å². The van der Waals surface area contributed by atoms with Crippen LogP contribution in [0.3, 0.4) is 0 Å². The number of aryl methyl sites for hydroxylation is 1. The minimum Gasteiger partial charge on any atom is -0.385 e. The van der Waals surface area contributed by atoms with Gasteiger partial charge in [0.25, 0.3) is 0 Å². The molecule has 1 N–H and O–H groups in total. The minimum absolute atomic E-state index is 0.736. The third-order valence-electron chi connectivity index (χ3n) is 7.69. The number of nitrogens with one attached hydrogen (secondary N) is 1. The smallest absolute Gasteiger partial charge is 0.156 e. The number of anilines is 1. The van der Waals surface area contributed by atoms with Gasteiger partial charge in [0, 0.05) is 24.2 Å². The van der Waals surface area contributed by atoms with Crippen LogP contribution in [0.25, 0.3) is 16.9 Å². The van der Waals surface area contributed by atoms with Crippen LogP contribution >= 0.6 is 0 Å². The zero-order valence-electron chi connectivity index (χ0n) is 22.6. The highest BCUT2D eigenvalue weighted by Gasteiger charge is 2.12. The van der Waals surface area contributed by atoms with E-state index in [1.807, 2.05) is 10.6 Å². The van der Waals surface area contributed by atoms with Gasteiger partial charge in [-0.25, -0.2) is 9.50 Å². The summed E-state index contributed by atoms with van der Waals surface area (Å²) < 4.78 is 1.97. The van der Waals surface area contributed by atoms with Gasteiger partial charge in [-0.1, -0.05) is 72.8 Å². The lowest BCUT2D eigenvalue weighted by molar-refractivity contribution is 0.334. The van der Waals surface area contributed by atoms with Crippen molar-refractivity contribution in [3.63, 3.8) is 0 Å². The van der Waals surface area contributed by atoms with E-state index in [9.17, 15) is 0 Å². The van der Waals surface area contributed by atoms with Crippen molar-refractivity contribution >= 4 is 11.3 Å². The number of hydrogen-bond acceptors (Lipinski definition) is 4. The molecule has 1 fully saturated rings. The third-order valence-corrected chi connectivity index (χ3v) is 7.69. The average Bonchev–Trinajstić information content (AvgIpc) is 3.65. The van der Waals surface area contributed by atoms with E-state index in [0.717, 1.165) is 54.2 Å². The minimum atomic E-state index is 0.736. The van der Waals surface area contributed by atoms with Gasteiger partial charge in [0.05, 0.1) is 5.69 Å². The van der Waals surface area contributed by atoms with E-state index in [2.05, 4.69) is 101 Å². The molecule has 5 nitrogen and oxygen atoms in total. The van der Waals surface area contributed by atoms with Gasteiger partial charge in [-0.05, 0) is 92.7 Å². The van der Waals surface area contributed by atoms with Crippen molar-refractivity contribution in [1.29, 1.82) is 0 Å². The van der Waals surface area contributed by atoms with Crippen molar-refractivity contribution in [3.8, 4) is 11.3 Å². The van der Waals surface area contributed by atoms with E-state index in [0.29, 0.717) is 0 Å². The van der Waals surface area contributed by atoms with Crippen LogP contribution < -0.4 is 5.32 Å². The van der Waals surface area contributed by atoms with Gasteiger partial charge in [0.1, 0.15) is 0 Å². The van der Waals surface area contributed by atoms with Crippen LogP contribution in [0.4, 0.5) is 5.69 Å². The molecule has 39 heavy (non-hydrogen) atoms. The van der Waals surface area contributed by atoms with Crippen molar-refractivity contribution < 1.29 is 0 Å². The van der Waals surface area contributed by atoms with Crippen molar-refractivity contribution in [2.75, 3.05) is 31.5 Å². The molecule has 0 aliphatic carbocycles. The summed E-state index contributed by atoms with van der Waals surface area (Å²) in [4.78, 5) is 7.42. The Hall–Kier alpha value is -3.96. The normalized spacial score (nSPS) is 13.7. The molecule has 198 valence electrons. The van der Waals surface area contributed by atoms with Crippen LogP contribution in [-0.2, 0) is 19.3 Å². The molecule has 0 bridgehead atoms. The van der Waals surface area contributed by atoms with Crippen LogP contribution in [0.1, 0.15) is 41.8 Å². The zero-order valence-corrected chi connectivity index (χ0v) is 22.6. The largest absolute Gasteiger partial charge is 0.385 e. The van der Waals surface area contributed by atoms with E-state index in [-0.39, 0.29) is 0 Å². The van der Waals surface area contributed by atoms with Crippen LogP contribution in [0.2, 0.25) is 0 Å². The molecule has 5 heteroatoms. The first-order valence-electron chi connectivity index (χ1n) is 14.3. The number of pyridine rings is 1. The molecule has 0 radical (unpaired) electrons. The molecule has 3 aromatic carbocycles. The SMILES string of the molecule is c1ccc(CCNc2ccc(-c3cccc4nc(Cc5ccc(CCCN6CCCC6)cc5)nn34)cc2)cc1. The molecular formula is C34H37N5. The third kappa shape index (κ3) is 6.55. The molecule has 0 spiro atoms. The molecule has 3 heterocycles. The van der Waals surface area contributed by atoms with Gasteiger partial charge in [-0.15, -0.1) is 0 Å². The number of nitrogens with zero attached hydrogens (tertiary/aromatic N) is 4. The average molecular weight is 516 g/mol. The van der Waals surface area contributed by atoms with Crippen molar-refractivity contribution in [2.45, 2.75) is 38.5 Å². The fraction of sp³-hybridized carbons (Fsp3) is 0.294. The molecule has 2 aromatic heterocycles. The lowest BCUT2D eigenvalue weighted by Gasteiger charge is -2.13. The predicted molar refractivity (Wildman–Crippen MR) is 160 cm³/mol. The Balaban J connectivity index is 1.07. The zero-order chi connectivity index (χ0) is 26.3. The highest BCUT2D eigenvalue weighted by molar-refractivity contribution is 5.65. The van der Waals surface area contributed by atoms with Gasteiger partial charge in [-0.3, -0.25) is 0 Å². The van der Waals surface area contributed by atoms with Crippen LogP contribution in [0, 0.1) is 0 Å². The summed E-state index contributed by atoms with van der Waals surface area (Å²) in [5.41, 5.74) is 8.20. The van der Waals surface area contributed by atoms with Gasteiger partial charge in [0.2, 0.25) is 0 Å². The van der Waals surface area contributed by atoms with Crippen molar-refractivity contribution in [1.82, 2.24) is 19.5 Å². The van der Waals surface area contributed by atoms with E-state index >= 15 is 0 Å². The van der Waals surface area contributed by atoms with E-state index in [4.69, 9.17) is 10.1 Å². The Morgan fingerprint density at radius 1 is 0.692 bits per heavy atom. The maximum Gasteiger partial charge on any atom is 0.156 e. The fourth-order valence-corrected chi connectivity index (χ4v) is 5.52. The summed E-state index contributed by atoms with van der Waals surface area (Å²) in [6.45, 7) is 4.70. The molecule has 0 amide bonds. The highest BCUT2D eigenvalue weighted by atomic mass is 15.3. The molecule has 1 saturated heterocycles. The molecule has 0 atom stereocenters. The summed E-state index contributed by atoms with van der Waals surface area (Å²) in [5.74, 6) is 0.850. The summed E-state index contributed by atoms with van der Waals surface area (Å²) in [6.07, 6.45) is 6.86. The molecule has 0 unspecified atom stereocenters. The van der Waals surface area contributed by atoms with Crippen molar-refractivity contribution in [3.05, 3.63) is 120 Å². The Bertz CT molecular complexity index is 1470. The maximum absolute atomic E-state index is 4.89. The Morgan fingerprint density at radius 3 is 2.23 bits per heavy atom. The van der Waals surface area contributed by atoms with Gasteiger partial charge in [-0.2, -0.15) is 5.10 Å². The first-order valence-corrected chi connectivity index (χ1v) is 14.3. The molecule has 0 saturated carbocycles. The van der Waals surface area contributed by atoms with E-state index in [1.165, 1.54) is 55.6 Å². The molecular weight excluding hydrogens is 478 g/mol. The number of hydrogen-bond donors (Lipinski definition) is 1. The molecule has 6 rings (SSSR count). The van der Waals surface area contributed by atoms with Gasteiger partial charge < -0.3 is 10.2 Å².